The number of halogens is 2. The van der Waals surface area contributed by atoms with E-state index < -0.39 is 11.3 Å². The Morgan fingerprint density at radius 3 is 2.90 bits per heavy atom. The maximum Gasteiger partial charge on any atom is 0.224 e. The molecule has 1 unspecified atom stereocenters. The standard InChI is InChI=1S/C11H10BrClN4O2S/c12-8-6-14-11(13)17-10(8)16-9-4-2-1-3-7(9)5-15-20(18)19/h1-4,6,15H,5H2,(H,18,19)(H,14,16,17)/p-1. The van der Waals surface area contributed by atoms with E-state index in [0.717, 1.165) is 11.3 Å². The molecule has 0 aliphatic carbocycles. The van der Waals surface area contributed by atoms with Gasteiger partial charge in [0.2, 0.25) is 5.28 Å². The Labute approximate surface area is 131 Å². The predicted octanol–water partition coefficient (Wildman–Crippen LogP) is 2.52. The average molecular weight is 377 g/mol. The third-order valence-corrected chi connectivity index (χ3v) is 3.51. The first-order valence-electron chi connectivity index (χ1n) is 5.42. The monoisotopic (exact) mass is 375 g/mol. The van der Waals surface area contributed by atoms with Gasteiger partial charge >= 0.3 is 0 Å². The summed E-state index contributed by atoms with van der Waals surface area (Å²) in [4.78, 5) is 7.90. The molecule has 2 N–H and O–H groups in total. The second kappa shape index (κ2) is 7.09. The normalized spacial score (nSPS) is 12.2. The molecule has 1 atom stereocenters. The van der Waals surface area contributed by atoms with E-state index in [1.807, 2.05) is 18.2 Å². The highest BCUT2D eigenvalue weighted by molar-refractivity contribution is 9.10. The van der Waals surface area contributed by atoms with Crippen molar-refractivity contribution in [2.45, 2.75) is 6.54 Å². The van der Waals surface area contributed by atoms with Gasteiger partial charge in [-0.15, -0.1) is 0 Å². The fourth-order valence-corrected chi connectivity index (χ4v) is 2.19. The molecule has 1 aromatic heterocycles. The van der Waals surface area contributed by atoms with E-state index in [-0.39, 0.29) is 11.8 Å². The fourth-order valence-electron chi connectivity index (χ4n) is 1.49. The molecule has 0 radical (unpaired) electrons. The zero-order valence-electron chi connectivity index (χ0n) is 9.97. The summed E-state index contributed by atoms with van der Waals surface area (Å²) in [6.45, 7) is 0.176. The van der Waals surface area contributed by atoms with Gasteiger partial charge in [-0.25, -0.2) is 9.71 Å². The summed E-state index contributed by atoms with van der Waals surface area (Å²) < 4.78 is 24.1. The van der Waals surface area contributed by atoms with Gasteiger partial charge in [-0.05, 0) is 39.2 Å². The zero-order valence-corrected chi connectivity index (χ0v) is 13.1. The molecular weight excluding hydrogens is 368 g/mol. The quantitative estimate of drug-likeness (QED) is 0.618. The van der Waals surface area contributed by atoms with E-state index in [4.69, 9.17) is 11.6 Å². The molecule has 9 heteroatoms. The van der Waals surface area contributed by atoms with Crippen LogP contribution in [0.25, 0.3) is 0 Å². The Balaban J connectivity index is 2.24. The smallest absolute Gasteiger partial charge is 0.224 e. The molecule has 1 aromatic carbocycles. The molecule has 2 rings (SSSR count). The lowest BCUT2D eigenvalue weighted by atomic mass is 10.2. The molecule has 0 aliphatic heterocycles. The van der Waals surface area contributed by atoms with Crippen LogP contribution in [-0.4, -0.2) is 18.7 Å². The lowest BCUT2D eigenvalue weighted by Crippen LogP contribution is -2.16. The van der Waals surface area contributed by atoms with E-state index in [9.17, 15) is 8.76 Å². The minimum Gasteiger partial charge on any atom is -0.760 e. The van der Waals surface area contributed by atoms with Crippen molar-refractivity contribution < 1.29 is 8.76 Å². The number of hydrogen-bond donors (Lipinski definition) is 2. The Kier molecular flexibility index (Phi) is 5.44. The first kappa shape index (κ1) is 15.3. The number of para-hydroxylation sites is 1. The van der Waals surface area contributed by atoms with E-state index in [0.29, 0.717) is 10.3 Å². The van der Waals surface area contributed by atoms with Crippen molar-refractivity contribution in [3.63, 3.8) is 0 Å². The topological polar surface area (TPSA) is 90.0 Å². The van der Waals surface area contributed by atoms with Crippen LogP contribution in [0.15, 0.2) is 34.9 Å². The van der Waals surface area contributed by atoms with Gasteiger partial charge in [-0.3, -0.25) is 4.21 Å². The highest BCUT2D eigenvalue weighted by atomic mass is 79.9. The lowest BCUT2D eigenvalue weighted by molar-refractivity contribution is 0.522. The Hall–Kier alpha value is -1.06. The van der Waals surface area contributed by atoms with Gasteiger partial charge in [0.05, 0.1) is 4.47 Å². The summed E-state index contributed by atoms with van der Waals surface area (Å²) in [5.41, 5.74) is 1.50. The van der Waals surface area contributed by atoms with Crippen molar-refractivity contribution in [3.05, 3.63) is 45.8 Å². The second-order valence-corrected chi connectivity index (χ2v) is 5.62. The van der Waals surface area contributed by atoms with E-state index >= 15 is 0 Å². The van der Waals surface area contributed by atoms with Crippen molar-refractivity contribution in [3.8, 4) is 0 Å². The Morgan fingerprint density at radius 2 is 2.15 bits per heavy atom. The lowest BCUT2D eigenvalue weighted by Gasteiger charge is -2.13. The first-order chi connectivity index (χ1) is 9.56. The molecule has 0 spiro atoms. The molecule has 1 heterocycles. The number of benzene rings is 1. The highest BCUT2D eigenvalue weighted by Gasteiger charge is 2.07. The number of hydrogen-bond acceptors (Lipinski definition) is 5. The fraction of sp³-hybridized carbons (Fsp3) is 0.0909. The SMILES string of the molecule is O=S([O-])NCc1ccccc1Nc1nc(Cl)ncc1Br. The summed E-state index contributed by atoms with van der Waals surface area (Å²) in [7, 11) is 0. The second-order valence-electron chi connectivity index (χ2n) is 3.67. The number of nitrogens with one attached hydrogen (secondary N) is 2. The van der Waals surface area contributed by atoms with Gasteiger partial charge in [-0.2, -0.15) is 4.98 Å². The van der Waals surface area contributed by atoms with Gasteiger partial charge in [-0.1, -0.05) is 18.2 Å². The summed E-state index contributed by atoms with van der Waals surface area (Å²) >= 11 is 6.75. The van der Waals surface area contributed by atoms with Gasteiger partial charge < -0.3 is 9.87 Å². The predicted molar refractivity (Wildman–Crippen MR) is 80.2 cm³/mol. The van der Waals surface area contributed by atoms with Crippen molar-refractivity contribution in [1.82, 2.24) is 14.7 Å². The molecule has 2 aromatic rings. The van der Waals surface area contributed by atoms with Crippen LogP contribution >= 0.6 is 27.5 Å². The molecule has 106 valence electrons. The van der Waals surface area contributed by atoms with Crippen LogP contribution in [-0.2, 0) is 17.8 Å². The summed E-state index contributed by atoms with van der Waals surface area (Å²) in [6, 6.07) is 7.26. The highest BCUT2D eigenvalue weighted by Crippen LogP contribution is 2.26. The average Bonchev–Trinajstić information content (AvgIpc) is 2.42. The van der Waals surface area contributed by atoms with Crippen LogP contribution in [0.3, 0.4) is 0 Å². The van der Waals surface area contributed by atoms with E-state index in [1.165, 1.54) is 6.20 Å². The maximum absolute atomic E-state index is 10.6. The van der Waals surface area contributed by atoms with Gasteiger partial charge in [0.25, 0.3) is 0 Å². The molecule has 20 heavy (non-hydrogen) atoms. The Bertz CT molecular complexity index is 644. The van der Waals surface area contributed by atoms with Gasteiger partial charge in [0.1, 0.15) is 5.82 Å². The van der Waals surface area contributed by atoms with Crippen molar-refractivity contribution in [2.24, 2.45) is 0 Å². The molecule has 0 aliphatic rings. The number of rotatable bonds is 5. The van der Waals surface area contributed by atoms with Crippen LogP contribution in [0, 0.1) is 0 Å². The van der Waals surface area contributed by atoms with E-state index in [2.05, 4.69) is 35.9 Å². The van der Waals surface area contributed by atoms with Crippen molar-refractivity contribution >= 4 is 50.3 Å². The summed E-state index contributed by atoms with van der Waals surface area (Å²) in [6.07, 6.45) is 1.53. The van der Waals surface area contributed by atoms with Crippen molar-refractivity contribution in [2.75, 3.05) is 5.32 Å². The van der Waals surface area contributed by atoms with Gasteiger partial charge in [0.15, 0.2) is 0 Å². The number of nitrogens with zero attached hydrogens (tertiary/aromatic N) is 2. The van der Waals surface area contributed by atoms with E-state index in [1.54, 1.807) is 6.07 Å². The molecule has 0 fully saturated rings. The van der Waals surface area contributed by atoms with Crippen LogP contribution in [0.4, 0.5) is 11.5 Å². The minimum absolute atomic E-state index is 0.118. The summed E-state index contributed by atoms with van der Waals surface area (Å²) in [5.74, 6) is 0.501. The molecule has 6 nitrogen and oxygen atoms in total. The van der Waals surface area contributed by atoms with Gasteiger partial charge in [0, 0.05) is 29.7 Å². The molecule has 0 saturated carbocycles. The molecule has 0 saturated heterocycles. The minimum atomic E-state index is -2.31. The van der Waals surface area contributed by atoms with Crippen LogP contribution in [0.5, 0.6) is 0 Å². The van der Waals surface area contributed by atoms with Crippen LogP contribution < -0.4 is 10.0 Å². The largest absolute Gasteiger partial charge is 0.760 e. The Morgan fingerprint density at radius 1 is 1.40 bits per heavy atom. The number of aromatic nitrogens is 2. The third-order valence-electron chi connectivity index (χ3n) is 2.37. The van der Waals surface area contributed by atoms with Crippen LogP contribution in [0.1, 0.15) is 5.56 Å². The molecule has 0 bridgehead atoms. The zero-order chi connectivity index (χ0) is 14.5. The summed E-state index contributed by atoms with van der Waals surface area (Å²) in [5, 5.41) is 3.20. The van der Waals surface area contributed by atoms with Crippen LogP contribution in [0.2, 0.25) is 5.28 Å². The third kappa shape index (κ3) is 4.22. The first-order valence-corrected chi connectivity index (χ1v) is 7.66. The molecule has 0 amide bonds. The van der Waals surface area contributed by atoms with Crippen molar-refractivity contribution in [1.29, 1.82) is 0 Å². The molecular formula is C11H9BrClN4O2S-. The maximum atomic E-state index is 10.6. The number of anilines is 2.